The van der Waals surface area contributed by atoms with E-state index in [1.807, 2.05) is 12.4 Å². The molecule has 0 atom stereocenters. The zero-order chi connectivity index (χ0) is 35.1. The molecule has 52 heavy (non-hydrogen) atoms. The van der Waals surface area contributed by atoms with E-state index in [2.05, 4.69) is 122 Å². The topological polar surface area (TPSA) is 148 Å². The maximum Gasteiger partial charge on any atom is 0.223 e. The van der Waals surface area contributed by atoms with Gasteiger partial charge in [-0.05, 0) is 55.4 Å². The first kappa shape index (κ1) is 32.7. The van der Waals surface area contributed by atoms with Crippen LogP contribution in [0.3, 0.4) is 0 Å². The predicted molar refractivity (Wildman–Crippen MR) is 208 cm³/mol. The van der Waals surface area contributed by atoms with Crippen molar-refractivity contribution in [3.05, 3.63) is 96.3 Å². The van der Waals surface area contributed by atoms with Crippen molar-refractivity contribution in [3.8, 4) is 0 Å². The summed E-state index contributed by atoms with van der Waals surface area (Å²) in [7, 11) is 0. The Balaban J connectivity index is 0.000000138. The van der Waals surface area contributed by atoms with Crippen LogP contribution in [0.5, 0.6) is 0 Å². The van der Waals surface area contributed by atoms with Crippen molar-refractivity contribution < 1.29 is 0 Å². The second-order valence-corrected chi connectivity index (χ2v) is 15.3. The number of nitrogen functional groups attached to an aromatic ring is 2. The van der Waals surface area contributed by atoms with Crippen LogP contribution in [0.25, 0.3) is 22.1 Å². The lowest BCUT2D eigenvalue weighted by Gasteiger charge is -2.32. The van der Waals surface area contributed by atoms with Crippen LogP contribution < -0.4 is 21.3 Å². The van der Waals surface area contributed by atoms with E-state index < -0.39 is 0 Å². The molecule has 0 bridgehead atoms. The third kappa shape index (κ3) is 6.75. The summed E-state index contributed by atoms with van der Waals surface area (Å²) in [6.07, 6.45) is 10.1. The van der Waals surface area contributed by atoms with Crippen LogP contribution in [0.1, 0.15) is 43.2 Å². The van der Waals surface area contributed by atoms with Crippen LogP contribution in [0.4, 0.5) is 23.5 Å². The molecule has 6 heterocycles. The number of benzene rings is 2. The molecular formula is C40H48N12. The zero-order valence-electron chi connectivity index (χ0n) is 29.7. The number of nitrogens with two attached hydrogens (primary N) is 2. The Labute approximate surface area is 304 Å². The van der Waals surface area contributed by atoms with Crippen molar-refractivity contribution in [2.75, 3.05) is 67.1 Å². The van der Waals surface area contributed by atoms with Gasteiger partial charge in [0.05, 0.1) is 10.8 Å². The molecule has 0 radical (unpaired) electrons. The second kappa shape index (κ2) is 13.4. The summed E-state index contributed by atoms with van der Waals surface area (Å²) in [6.45, 7) is 9.40. The Kier molecular flexibility index (Phi) is 8.43. The molecule has 2 aliphatic carbocycles. The van der Waals surface area contributed by atoms with Gasteiger partial charge in [-0.3, -0.25) is 9.80 Å². The van der Waals surface area contributed by atoms with Gasteiger partial charge in [-0.25, -0.2) is 0 Å². The standard InChI is InChI=1S/2C20H24N6/c21-19-23-17-16(7-10-22-17)18(24-19)25-11-4-12-26(20(14-25)8-9-20)13-15-5-2-1-3-6-15;21-19-23-17-16(6-9-22-17)18(24-19)26-11-10-25(13-20(14-26)7-8-20)12-15-4-2-1-3-5-15/h1-3,5-7,10H,4,8-9,11-14H2,(H3,21,22,23,24);1-6,9H,7-8,10-14H2,(H3,21,22,23,24). The minimum Gasteiger partial charge on any atom is -0.368 e. The lowest BCUT2D eigenvalue weighted by molar-refractivity contribution is 0.183. The van der Waals surface area contributed by atoms with Crippen molar-refractivity contribution in [1.29, 1.82) is 0 Å². The summed E-state index contributed by atoms with van der Waals surface area (Å²) in [5.41, 5.74) is 17.0. The van der Waals surface area contributed by atoms with Gasteiger partial charge >= 0.3 is 0 Å². The summed E-state index contributed by atoms with van der Waals surface area (Å²) in [6, 6.07) is 25.7. The van der Waals surface area contributed by atoms with Crippen LogP contribution >= 0.6 is 0 Å². The highest BCUT2D eigenvalue weighted by Crippen LogP contribution is 2.49. The number of H-pyrrole nitrogens is 2. The molecule has 268 valence electrons. The number of nitrogens with zero attached hydrogens (tertiary/aromatic N) is 8. The van der Waals surface area contributed by atoms with Gasteiger partial charge in [0.25, 0.3) is 0 Å². The van der Waals surface area contributed by atoms with E-state index in [1.54, 1.807) is 0 Å². The van der Waals surface area contributed by atoms with Crippen LogP contribution in [0.15, 0.2) is 85.2 Å². The molecule has 2 aliphatic heterocycles. The molecule has 0 amide bonds. The molecule has 6 N–H and O–H groups in total. The minimum atomic E-state index is 0.273. The van der Waals surface area contributed by atoms with E-state index in [9.17, 15) is 0 Å². The molecule has 0 unspecified atom stereocenters. The molecule has 4 aromatic heterocycles. The predicted octanol–water partition coefficient (Wildman–Crippen LogP) is 5.43. The van der Waals surface area contributed by atoms with Gasteiger partial charge in [-0.1, -0.05) is 60.7 Å². The van der Waals surface area contributed by atoms with Gasteiger partial charge in [-0.15, -0.1) is 0 Å². The lowest BCUT2D eigenvalue weighted by Crippen LogP contribution is -2.43. The summed E-state index contributed by atoms with van der Waals surface area (Å²) in [5.74, 6) is 2.62. The van der Waals surface area contributed by atoms with Crippen molar-refractivity contribution >= 4 is 45.6 Å². The first-order valence-electron chi connectivity index (χ1n) is 18.7. The van der Waals surface area contributed by atoms with E-state index >= 15 is 0 Å². The maximum atomic E-state index is 5.96. The van der Waals surface area contributed by atoms with Gasteiger partial charge < -0.3 is 31.2 Å². The van der Waals surface area contributed by atoms with Gasteiger partial charge in [0.15, 0.2) is 0 Å². The molecule has 6 aromatic rings. The van der Waals surface area contributed by atoms with Gasteiger partial charge in [0.1, 0.15) is 22.9 Å². The molecule has 4 fully saturated rings. The Morgan fingerprint density at radius 1 is 0.577 bits per heavy atom. The average molecular weight is 697 g/mol. The van der Waals surface area contributed by atoms with Crippen molar-refractivity contribution in [2.24, 2.45) is 5.41 Å². The monoisotopic (exact) mass is 696 g/mol. The number of fused-ring (bicyclic) bond motifs is 2. The highest BCUT2D eigenvalue weighted by molar-refractivity contribution is 5.89. The number of anilines is 4. The third-order valence-corrected chi connectivity index (χ3v) is 11.5. The first-order valence-corrected chi connectivity index (χ1v) is 18.7. The molecule has 4 aliphatic rings. The average Bonchev–Trinajstić information content (AvgIpc) is 4.03. The fraction of sp³-hybridized carbons (Fsp3) is 0.400. The lowest BCUT2D eigenvalue weighted by atomic mass is 10.1. The van der Waals surface area contributed by atoms with Crippen molar-refractivity contribution in [2.45, 2.75) is 50.7 Å². The highest BCUT2D eigenvalue weighted by atomic mass is 15.3. The number of aromatic amines is 2. The molecule has 12 heteroatoms. The summed E-state index contributed by atoms with van der Waals surface area (Å²) < 4.78 is 0. The molecule has 12 nitrogen and oxygen atoms in total. The largest absolute Gasteiger partial charge is 0.368 e. The minimum absolute atomic E-state index is 0.273. The summed E-state index contributed by atoms with van der Waals surface area (Å²) >= 11 is 0. The van der Waals surface area contributed by atoms with Crippen LogP contribution in [0.2, 0.25) is 0 Å². The second-order valence-electron chi connectivity index (χ2n) is 15.3. The first-order chi connectivity index (χ1) is 25.4. The number of rotatable bonds is 6. The highest BCUT2D eigenvalue weighted by Gasteiger charge is 2.50. The molecule has 2 spiro atoms. The molecule has 2 aromatic carbocycles. The third-order valence-electron chi connectivity index (χ3n) is 11.5. The van der Waals surface area contributed by atoms with E-state index in [4.69, 9.17) is 11.5 Å². The summed E-state index contributed by atoms with van der Waals surface area (Å²) in [4.78, 5) is 34.3. The maximum absolute atomic E-state index is 5.96. The van der Waals surface area contributed by atoms with Crippen LogP contribution in [-0.2, 0) is 13.1 Å². The number of hydrogen-bond acceptors (Lipinski definition) is 10. The number of aromatic nitrogens is 6. The Bertz CT molecular complexity index is 2060. The molecule has 2 saturated heterocycles. The van der Waals surface area contributed by atoms with E-state index in [-0.39, 0.29) is 5.54 Å². The van der Waals surface area contributed by atoms with E-state index in [0.717, 1.165) is 99.0 Å². The van der Waals surface area contributed by atoms with E-state index in [0.29, 0.717) is 17.3 Å². The van der Waals surface area contributed by atoms with Gasteiger partial charge in [0, 0.05) is 82.3 Å². The van der Waals surface area contributed by atoms with Gasteiger partial charge in [0.2, 0.25) is 11.9 Å². The number of nitrogens with one attached hydrogen (secondary N) is 2. The molecule has 10 rings (SSSR count). The Morgan fingerprint density at radius 3 is 1.73 bits per heavy atom. The Hall–Kier alpha value is -5.20. The van der Waals surface area contributed by atoms with Crippen molar-refractivity contribution in [3.63, 3.8) is 0 Å². The fourth-order valence-corrected chi connectivity index (χ4v) is 8.44. The quantitative estimate of drug-likeness (QED) is 0.178. The van der Waals surface area contributed by atoms with Crippen molar-refractivity contribution in [1.82, 2.24) is 39.7 Å². The number of hydrogen-bond donors (Lipinski definition) is 4. The molecular weight excluding hydrogens is 649 g/mol. The SMILES string of the molecule is Nc1nc(N2CCCN(Cc3ccccc3)C3(CC3)C2)c2cc[nH]c2n1.Nc1nc(N2CCN(Cc3ccccc3)CC3(CC3)C2)c2cc[nH]c2n1. The fourth-order valence-electron chi connectivity index (χ4n) is 8.44. The summed E-state index contributed by atoms with van der Waals surface area (Å²) in [5, 5.41) is 2.12. The van der Waals surface area contributed by atoms with Gasteiger partial charge in [-0.2, -0.15) is 19.9 Å². The van der Waals surface area contributed by atoms with Crippen LogP contribution in [-0.4, -0.2) is 91.1 Å². The normalized spacial score (nSPS) is 19.8. The Morgan fingerprint density at radius 2 is 1.15 bits per heavy atom. The molecule has 2 saturated carbocycles. The van der Waals surface area contributed by atoms with Crippen LogP contribution in [0, 0.1) is 5.41 Å². The zero-order valence-corrected chi connectivity index (χ0v) is 29.7. The smallest absolute Gasteiger partial charge is 0.223 e. The van der Waals surface area contributed by atoms with E-state index in [1.165, 1.54) is 36.8 Å².